The van der Waals surface area contributed by atoms with E-state index in [1.165, 1.54) is 17.7 Å². The van der Waals surface area contributed by atoms with Gasteiger partial charge >= 0.3 is 0 Å². The zero-order valence-corrected chi connectivity index (χ0v) is 11.4. The smallest absolute Gasteiger partial charge is 0.115 e. The van der Waals surface area contributed by atoms with E-state index in [0.717, 1.165) is 16.4 Å². The number of aliphatic hydroxyl groups is 2. The van der Waals surface area contributed by atoms with Crippen LogP contribution in [-0.2, 0) is 0 Å². The van der Waals surface area contributed by atoms with Crippen molar-refractivity contribution in [3.8, 4) is 0 Å². The number of aliphatic hydroxyl groups excluding tert-OH is 2. The van der Waals surface area contributed by atoms with Gasteiger partial charge in [-0.3, -0.25) is 0 Å². The van der Waals surface area contributed by atoms with Crippen molar-refractivity contribution in [2.75, 3.05) is 0 Å². The van der Waals surface area contributed by atoms with Gasteiger partial charge in [0.25, 0.3) is 0 Å². The maximum Gasteiger partial charge on any atom is 0.115 e. The lowest BCUT2D eigenvalue weighted by Crippen LogP contribution is -1.97. The third kappa shape index (κ3) is 2.57. The second-order valence-corrected chi connectivity index (χ2v) is 6.13. The highest BCUT2D eigenvalue weighted by molar-refractivity contribution is 7.12. The van der Waals surface area contributed by atoms with E-state index in [4.69, 9.17) is 0 Å². The van der Waals surface area contributed by atoms with Crippen LogP contribution >= 0.6 is 11.3 Å². The lowest BCUT2D eigenvalue weighted by molar-refractivity contribution is 0.224. The quantitative estimate of drug-likeness (QED) is 0.817. The molecule has 0 radical (unpaired) electrons. The first-order chi connectivity index (χ1) is 9.15. The summed E-state index contributed by atoms with van der Waals surface area (Å²) >= 11 is 1.70. The molecule has 1 saturated carbocycles. The number of rotatable bonds is 4. The van der Waals surface area contributed by atoms with Crippen molar-refractivity contribution < 1.29 is 10.2 Å². The summed E-state index contributed by atoms with van der Waals surface area (Å²) in [6.07, 6.45) is 1.98. The summed E-state index contributed by atoms with van der Waals surface area (Å²) in [5, 5.41) is 19.6. The highest BCUT2D eigenvalue weighted by Gasteiger charge is 2.26. The molecule has 2 aromatic rings. The van der Waals surface area contributed by atoms with Crippen molar-refractivity contribution in [1.82, 2.24) is 0 Å². The Morgan fingerprint density at radius 3 is 2.42 bits per heavy atom. The second-order valence-electron chi connectivity index (χ2n) is 4.99. The number of benzene rings is 1. The topological polar surface area (TPSA) is 40.5 Å². The highest BCUT2D eigenvalue weighted by Crippen LogP contribution is 2.44. The molecule has 19 heavy (non-hydrogen) atoms. The molecule has 1 heterocycles. The van der Waals surface area contributed by atoms with E-state index in [2.05, 4.69) is 12.6 Å². The van der Waals surface area contributed by atoms with Gasteiger partial charge in [0.15, 0.2) is 0 Å². The standard InChI is InChI=1S/C16H16O2S/c1-10(17)11-2-6-13(7-3-11)16(18)15-9-8-14(19-15)12-4-5-12/h2-3,6-9,12,16-18H,1,4-5H2. The SMILES string of the molecule is C=C(O)c1ccc(C(O)c2ccc(C3CC3)s2)cc1. The average Bonchev–Trinajstić information content (AvgIpc) is 3.16. The fourth-order valence-electron chi connectivity index (χ4n) is 2.12. The highest BCUT2D eigenvalue weighted by atomic mass is 32.1. The van der Waals surface area contributed by atoms with E-state index in [1.807, 2.05) is 18.2 Å². The summed E-state index contributed by atoms with van der Waals surface area (Å²) in [5.74, 6) is 0.777. The molecular formula is C16H16O2S. The van der Waals surface area contributed by atoms with Crippen LogP contribution in [0.5, 0.6) is 0 Å². The van der Waals surface area contributed by atoms with Gasteiger partial charge < -0.3 is 10.2 Å². The number of hydrogen-bond donors (Lipinski definition) is 2. The van der Waals surface area contributed by atoms with Gasteiger partial charge in [0.05, 0.1) is 0 Å². The van der Waals surface area contributed by atoms with Gasteiger partial charge in [-0.25, -0.2) is 0 Å². The summed E-state index contributed by atoms with van der Waals surface area (Å²) < 4.78 is 0. The molecule has 1 atom stereocenters. The zero-order chi connectivity index (χ0) is 13.4. The predicted molar refractivity (Wildman–Crippen MR) is 78.5 cm³/mol. The summed E-state index contributed by atoms with van der Waals surface area (Å²) in [4.78, 5) is 2.37. The van der Waals surface area contributed by atoms with Gasteiger partial charge in [-0.1, -0.05) is 30.8 Å². The van der Waals surface area contributed by atoms with Crippen molar-refractivity contribution in [3.05, 3.63) is 63.9 Å². The Morgan fingerprint density at radius 1 is 1.16 bits per heavy atom. The Morgan fingerprint density at radius 2 is 1.84 bits per heavy atom. The lowest BCUT2D eigenvalue weighted by atomic mass is 10.1. The average molecular weight is 272 g/mol. The molecule has 0 aliphatic heterocycles. The van der Waals surface area contributed by atoms with E-state index in [1.54, 1.807) is 23.5 Å². The van der Waals surface area contributed by atoms with Crippen molar-refractivity contribution in [2.24, 2.45) is 0 Å². The largest absolute Gasteiger partial charge is 0.508 e. The van der Waals surface area contributed by atoms with Crippen molar-refractivity contribution in [2.45, 2.75) is 24.9 Å². The van der Waals surface area contributed by atoms with Crippen LogP contribution in [0.2, 0.25) is 0 Å². The predicted octanol–water partition coefficient (Wildman–Crippen LogP) is 4.24. The Hall–Kier alpha value is -1.58. The Balaban J connectivity index is 1.81. The van der Waals surface area contributed by atoms with Crippen molar-refractivity contribution in [1.29, 1.82) is 0 Å². The van der Waals surface area contributed by atoms with Gasteiger partial charge in [-0.15, -0.1) is 11.3 Å². The van der Waals surface area contributed by atoms with Gasteiger partial charge in [0, 0.05) is 15.3 Å². The first-order valence-electron chi connectivity index (χ1n) is 6.41. The molecule has 0 amide bonds. The molecule has 1 aliphatic rings. The van der Waals surface area contributed by atoms with Crippen LogP contribution in [0.15, 0.2) is 43.0 Å². The van der Waals surface area contributed by atoms with Crippen LogP contribution in [0, 0.1) is 0 Å². The van der Waals surface area contributed by atoms with E-state index in [-0.39, 0.29) is 5.76 Å². The maximum absolute atomic E-state index is 10.4. The lowest BCUT2D eigenvalue weighted by Gasteiger charge is -2.09. The Kier molecular flexibility index (Phi) is 3.17. The molecule has 0 spiro atoms. The zero-order valence-electron chi connectivity index (χ0n) is 10.5. The van der Waals surface area contributed by atoms with Gasteiger partial charge in [-0.05, 0) is 36.5 Å². The monoisotopic (exact) mass is 272 g/mol. The molecule has 3 rings (SSSR count). The van der Waals surface area contributed by atoms with Gasteiger partial charge in [-0.2, -0.15) is 0 Å². The Labute approximate surface area is 116 Å². The van der Waals surface area contributed by atoms with Crippen molar-refractivity contribution >= 4 is 17.1 Å². The summed E-state index contributed by atoms with van der Waals surface area (Å²) in [6.45, 7) is 3.48. The number of thiophene rings is 1. The second kappa shape index (κ2) is 4.83. The third-order valence-corrected chi connectivity index (χ3v) is 4.76. The maximum atomic E-state index is 10.4. The number of hydrogen-bond acceptors (Lipinski definition) is 3. The van der Waals surface area contributed by atoms with Crippen molar-refractivity contribution in [3.63, 3.8) is 0 Å². The van der Waals surface area contributed by atoms with E-state index >= 15 is 0 Å². The molecule has 3 heteroatoms. The molecule has 98 valence electrons. The minimum Gasteiger partial charge on any atom is -0.508 e. The van der Waals surface area contributed by atoms with Crippen LogP contribution < -0.4 is 0 Å². The van der Waals surface area contributed by atoms with E-state index < -0.39 is 6.10 Å². The van der Waals surface area contributed by atoms with E-state index in [0.29, 0.717) is 5.56 Å². The Bertz CT molecular complexity index is 593. The molecule has 2 N–H and O–H groups in total. The first-order valence-corrected chi connectivity index (χ1v) is 7.22. The minimum absolute atomic E-state index is 0.0492. The summed E-state index contributed by atoms with van der Waals surface area (Å²) in [6, 6.07) is 11.4. The molecular weight excluding hydrogens is 256 g/mol. The fraction of sp³-hybridized carbons (Fsp3) is 0.250. The molecule has 1 aromatic heterocycles. The molecule has 2 nitrogen and oxygen atoms in total. The fourth-order valence-corrected chi connectivity index (χ4v) is 3.32. The first kappa shape index (κ1) is 12.5. The van der Waals surface area contributed by atoms with Crippen LogP contribution in [0.3, 0.4) is 0 Å². The van der Waals surface area contributed by atoms with Crippen LogP contribution in [-0.4, -0.2) is 10.2 Å². The van der Waals surface area contributed by atoms with Gasteiger partial charge in [0.2, 0.25) is 0 Å². The van der Waals surface area contributed by atoms with Crippen LogP contribution in [0.25, 0.3) is 5.76 Å². The molecule has 1 aromatic carbocycles. The summed E-state index contributed by atoms with van der Waals surface area (Å²) in [5.41, 5.74) is 1.52. The molecule has 0 saturated heterocycles. The minimum atomic E-state index is -0.585. The van der Waals surface area contributed by atoms with Gasteiger partial charge in [0.1, 0.15) is 11.9 Å². The van der Waals surface area contributed by atoms with Crippen LogP contribution in [0.1, 0.15) is 45.7 Å². The third-order valence-electron chi connectivity index (χ3n) is 3.46. The molecule has 1 unspecified atom stereocenters. The van der Waals surface area contributed by atoms with Crippen LogP contribution in [0.4, 0.5) is 0 Å². The molecule has 1 fully saturated rings. The van der Waals surface area contributed by atoms with E-state index in [9.17, 15) is 10.2 Å². The molecule has 1 aliphatic carbocycles. The normalized spacial score (nSPS) is 16.3. The summed E-state index contributed by atoms with van der Waals surface area (Å²) in [7, 11) is 0. The molecule has 0 bridgehead atoms.